The Bertz CT molecular complexity index is 1270. The summed E-state index contributed by atoms with van der Waals surface area (Å²) < 4.78 is 0. The van der Waals surface area contributed by atoms with Crippen LogP contribution in [0.4, 0.5) is 0 Å². The maximum absolute atomic E-state index is 2.61. The first-order valence-electron chi connectivity index (χ1n) is 13.3. The van der Waals surface area contributed by atoms with Crippen molar-refractivity contribution in [2.24, 2.45) is 0 Å². The van der Waals surface area contributed by atoms with Crippen LogP contribution in [-0.2, 0) is 13.6 Å². The van der Waals surface area contributed by atoms with Gasteiger partial charge in [0.15, 0.2) is 0 Å². The summed E-state index contributed by atoms with van der Waals surface area (Å²) in [6.07, 6.45) is 0. The van der Waals surface area contributed by atoms with Gasteiger partial charge in [-0.2, -0.15) is 0 Å². The van der Waals surface area contributed by atoms with Crippen molar-refractivity contribution >= 4 is 43.9 Å². The van der Waals surface area contributed by atoms with E-state index < -0.39 is 12.1 Å². The molecule has 6 rings (SSSR count). The summed E-state index contributed by atoms with van der Waals surface area (Å²) in [5, 5.41) is 8.59. The van der Waals surface area contributed by atoms with Gasteiger partial charge in [0.1, 0.15) is 0 Å². The number of hydrogen-bond donors (Lipinski definition) is 0. The maximum atomic E-state index is 2.37. The van der Waals surface area contributed by atoms with Crippen LogP contribution in [0.2, 0.25) is 0 Å². The third kappa shape index (κ3) is 4.93. The Kier molecular flexibility index (Phi) is 7.86. The van der Waals surface area contributed by atoms with Gasteiger partial charge in [-0.25, -0.2) is 0 Å². The molecule has 0 saturated carbocycles. The molecule has 39 heavy (non-hydrogen) atoms. The Morgan fingerprint density at radius 1 is 0.231 bits per heavy atom. The van der Waals surface area contributed by atoms with Crippen LogP contribution in [0.3, 0.4) is 0 Å². The van der Waals surface area contributed by atoms with Crippen molar-refractivity contribution < 1.29 is 13.6 Å². The normalized spacial score (nSPS) is 12.6. The Morgan fingerprint density at radius 2 is 0.385 bits per heavy atom. The fourth-order valence-corrected chi connectivity index (χ4v) is 30.5. The Hall–Kier alpha value is -3.33. The monoisotopic (exact) mass is 584 g/mol. The van der Waals surface area contributed by atoms with Crippen molar-refractivity contribution in [3.8, 4) is 0 Å². The van der Waals surface area contributed by atoms with E-state index in [1.807, 2.05) is 13.6 Å². The van der Waals surface area contributed by atoms with Crippen molar-refractivity contribution in [1.29, 1.82) is 0 Å². The molecule has 0 spiro atoms. The van der Waals surface area contributed by atoms with Gasteiger partial charge in [0.2, 0.25) is 0 Å². The summed E-state index contributed by atoms with van der Waals surface area (Å²) in [4.78, 5) is 0. The van der Waals surface area contributed by atoms with E-state index in [-0.39, 0.29) is 0 Å². The summed E-state index contributed by atoms with van der Waals surface area (Å²) >= 11 is 1.98. The SMILES string of the molecule is c1ccc([PH]([Ni][PH](c2ccccc2)(c2ccccc2)c2ccccc2)(c2ccccc2)c2ccccc2)cc1. The van der Waals surface area contributed by atoms with Crippen LogP contribution >= 0.6 is 12.1 Å². The van der Waals surface area contributed by atoms with Crippen LogP contribution in [0.15, 0.2) is 182 Å². The molecule has 0 amide bonds. The average molecular weight is 585 g/mol. The van der Waals surface area contributed by atoms with Gasteiger partial charge in [-0.1, -0.05) is 0 Å². The van der Waals surface area contributed by atoms with Crippen molar-refractivity contribution in [2.45, 2.75) is 0 Å². The minimum atomic E-state index is -2.61. The number of benzene rings is 6. The Morgan fingerprint density at radius 3 is 0.538 bits per heavy atom. The predicted molar refractivity (Wildman–Crippen MR) is 173 cm³/mol. The van der Waals surface area contributed by atoms with E-state index in [1.54, 1.807) is 0 Å². The van der Waals surface area contributed by atoms with Gasteiger partial charge < -0.3 is 0 Å². The Balaban J connectivity index is 1.76. The van der Waals surface area contributed by atoms with Crippen molar-refractivity contribution in [3.05, 3.63) is 182 Å². The summed E-state index contributed by atoms with van der Waals surface area (Å²) in [6.45, 7) is 0. The van der Waals surface area contributed by atoms with Gasteiger partial charge in [-0.3, -0.25) is 0 Å². The zero-order chi connectivity index (χ0) is 26.4. The molecule has 6 aromatic carbocycles. The second kappa shape index (κ2) is 11.8. The summed E-state index contributed by atoms with van der Waals surface area (Å²) in [5.41, 5.74) is 0. The van der Waals surface area contributed by atoms with Crippen molar-refractivity contribution in [2.75, 3.05) is 0 Å². The molecule has 6 aromatic rings. The Labute approximate surface area is 238 Å². The van der Waals surface area contributed by atoms with E-state index >= 15 is 0 Å². The van der Waals surface area contributed by atoms with E-state index in [1.165, 1.54) is 31.8 Å². The van der Waals surface area contributed by atoms with Crippen LogP contribution in [0.25, 0.3) is 0 Å². The van der Waals surface area contributed by atoms with Crippen LogP contribution in [0.1, 0.15) is 0 Å². The molecular weight excluding hydrogens is 553 g/mol. The van der Waals surface area contributed by atoms with Gasteiger partial charge in [0.25, 0.3) is 0 Å². The first-order valence-corrected chi connectivity index (χ1v) is 19.9. The first kappa shape index (κ1) is 25.9. The fourth-order valence-electron chi connectivity index (χ4n) is 5.40. The molecule has 196 valence electrons. The molecule has 0 unspecified atom stereocenters. The van der Waals surface area contributed by atoms with Gasteiger partial charge in [0.05, 0.1) is 0 Å². The van der Waals surface area contributed by atoms with Crippen molar-refractivity contribution in [3.63, 3.8) is 0 Å². The molecule has 0 aliphatic rings. The molecule has 0 radical (unpaired) electrons. The van der Waals surface area contributed by atoms with E-state index in [0.29, 0.717) is 0 Å². The minimum absolute atomic E-state index is 1.43. The molecule has 0 saturated heterocycles. The van der Waals surface area contributed by atoms with Crippen LogP contribution in [0, 0.1) is 0 Å². The number of hydrogen-bond acceptors (Lipinski definition) is 0. The second-order valence-electron chi connectivity index (χ2n) is 9.50. The van der Waals surface area contributed by atoms with Crippen LogP contribution in [0.5, 0.6) is 0 Å². The van der Waals surface area contributed by atoms with E-state index in [9.17, 15) is 0 Å². The molecule has 0 aromatic heterocycles. The average Bonchev–Trinajstić information content (AvgIpc) is 3.04. The van der Waals surface area contributed by atoms with Gasteiger partial charge in [-0.15, -0.1) is 0 Å². The molecule has 0 heterocycles. The molecule has 0 atom stereocenters. The summed E-state index contributed by atoms with van der Waals surface area (Å²) in [5.74, 6) is 0. The van der Waals surface area contributed by atoms with E-state index in [2.05, 4.69) is 182 Å². The molecule has 0 nitrogen and oxygen atoms in total. The summed E-state index contributed by atoms with van der Waals surface area (Å²) in [6, 6.07) is 62.6. The molecule has 0 aliphatic heterocycles. The fraction of sp³-hybridized carbons (Fsp3) is 0. The zero-order valence-corrected chi connectivity index (χ0v) is 24.6. The molecule has 0 aliphatic carbocycles. The third-order valence-corrected chi connectivity index (χ3v) is 27.4. The predicted octanol–water partition coefficient (Wildman–Crippen LogP) is 6.35. The number of rotatable bonds is 8. The second-order valence-corrected chi connectivity index (χ2v) is 22.7. The standard InChI is InChI=1S/2C18H15P.Ni/c2*1-4-10-16(11-5-1)19(17-12-6-2-7-13-17)18-14-8-3-9-15-18;/h2*1-15H;/q;;-2/p+2. The van der Waals surface area contributed by atoms with Crippen LogP contribution in [-0.4, -0.2) is 0 Å². The quantitative estimate of drug-likeness (QED) is 0.144. The van der Waals surface area contributed by atoms with E-state index in [0.717, 1.165) is 0 Å². The van der Waals surface area contributed by atoms with Crippen LogP contribution < -0.4 is 31.8 Å². The zero-order valence-electron chi connectivity index (χ0n) is 21.6. The molecule has 0 bridgehead atoms. The molecule has 3 heteroatoms. The molecule has 0 fully saturated rings. The van der Waals surface area contributed by atoms with Gasteiger partial charge in [-0.05, 0) is 0 Å². The van der Waals surface area contributed by atoms with Gasteiger partial charge in [0, 0.05) is 0 Å². The topological polar surface area (TPSA) is 0 Å². The van der Waals surface area contributed by atoms with E-state index in [4.69, 9.17) is 0 Å². The third-order valence-electron chi connectivity index (χ3n) is 7.16. The van der Waals surface area contributed by atoms with Gasteiger partial charge >= 0.3 is 239 Å². The summed E-state index contributed by atoms with van der Waals surface area (Å²) in [7, 11) is 0. The first-order chi connectivity index (χ1) is 19.3. The molecular formula is C36H32NiP2. The van der Waals surface area contributed by atoms with Crippen molar-refractivity contribution in [1.82, 2.24) is 0 Å². The molecule has 0 N–H and O–H groups in total.